The average molecular weight is 416 g/mol. The van der Waals surface area contributed by atoms with E-state index in [1.807, 2.05) is 19.1 Å². The normalized spacial score (nSPS) is 12.6. The molecule has 1 unspecified atom stereocenters. The van der Waals surface area contributed by atoms with Crippen LogP contribution in [0.3, 0.4) is 0 Å². The first-order valence-electron chi connectivity index (χ1n) is 5.03. The largest absolute Gasteiger partial charge is 0.380 e. The van der Waals surface area contributed by atoms with E-state index in [9.17, 15) is 0 Å². The van der Waals surface area contributed by atoms with E-state index in [2.05, 4.69) is 60.0 Å². The number of hydrogen-bond donors (Lipinski definition) is 1. The highest BCUT2D eigenvalue weighted by atomic mass is 79.9. The number of halogens is 3. The zero-order valence-corrected chi connectivity index (χ0v) is 13.9. The number of anilines is 1. The van der Waals surface area contributed by atoms with Crippen LogP contribution in [0.5, 0.6) is 0 Å². The van der Waals surface area contributed by atoms with Crippen LogP contribution < -0.4 is 5.32 Å². The van der Waals surface area contributed by atoms with Gasteiger partial charge in [-0.2, -0.15) is 0 Å². The first kappa shape index (κ1) is 14.5. The molecule has 0 radical (unpaired) electrons. The highest BCUT2D eigenvalue weighted by Crippen LogP contribution is 2.34. The van der Waals surface area contributed by atoms with Crippen LogP contribution >= 0.6 is 47.8 Å². The predicted octanol–water partition coefficient (Wildman–Crippen LogP) is 4.81. The van der Waals surface area contributed by atoms with Crippen molar-refractivity contribution < 1.29 is 4.74 Å². The lowest BCUT2D eigenvalue weighted by atomic mass is 10.3. The molecule has 0 fully saturated rings. The lowest BCUT2D eigenvalue weighted by Crippen LogP contribution is -2.22. The topological polar surface area (TPSA) is 21.3 Å². The fourth-order valence-corrected chi connectivity index (χ4v) is 3.75. The second-order valence-corrected chi connectivity index (χ2v) is 6.07. The molecule has 0 aliphatic heterocycles. The van der Waals surface area contributed by atoms with E-state index in [-0.39, 0.29) is 6.04 Å². The van der Waals surface area contributed by atoms with Gasteiger partial charge in [0.15, 0.2) is 0 Å². The molecule has 0 heterocycles. The number of rotatable bonds is 5. The number of hydrogen-bond acceptors (Lipinski definition) is 2. The van der Waals surface area contributed by atoms with Gasteiger partial charge in [0.05, 0.1) is 12.3 Å². The molecule has 5 heteroatoms. The van der Waals surface area contributed by atoms with E-state index in [4.69, 9.17) is 4.74 Å². The second-order valence-electron chi connectivity index (χ2n) is 3.45. The quantitative estimate of drug-likeness (QED) is 0.745. The van der Waals surface area contributed by atoms with Crippen LogP contribution in [0.2, 0.25) is 0 Å². The van der Waals surface area contributed by atoms with Gasteiger partial charge in [-0.1, -0.05) is 15.9 Å². The maximum atomic E-state index is 5.37. The fourth-order valence-electron chi connectivity index (χ4n) is 1.26. The van der Waals surface area contributed by atoms with Crippen molar-refractivity contribution >= 4 is 53.5 Å². The minimum atomic E-state index is 0.272. The van der Waals surface area contributed by atoms with Crippen molar-refractivity contribution in [2.45, 2.75) is 19.9 Å². The SMILES string of the molecule is CCOCC(C)Nc1c(Br)cc(Br)cc1Br. The molecule has 0 bridgehead atoms. The minimum absolute atomic E-state index is 0.272. The molecule has 1 rings (SSSR count). The van der Waals surface area contributed by atoms with Crippen molar-refractivity contribution in [1.82, 2.24) is 0 Å². The van der Waals surface area contributed by atoms with Gasteiger partial charge in [0.25, 0.3) is 0 Å². The standard InChI is InChI=1S/C11H14Br3NO/c1-3-16-6-7(2)15-11-9(13)4-8(12)5-10(11)14/h4-5,7,15H,3,6H2,1-2H3. The summed E-state index contributed by atoms with van der Waals surface area (Å²) in [6.45, 7) is 5.54. The molecule has 1 aromatic rings. The molecule has 0 saturated heterocycles. The van der Waals surface area contributed by atoms with Crippen molar-refractivity contribution in [3.05, 3.63) is 25.6 Å². The van der Waals surface area contributed by atoms with Gasteiger partial charge in [0.1, 0.15) is 0 Å². The van der Waals surface area contributed by atoms with Crippen LogP contribution in [0.25, 0.3) is 0 Å². The Kier molecular flexibility index (Phi) is 6.32. The van der Waals surface area contributed by atoms with Crippen LogP contribution in [0.15, 0.2) is 25.6 Å². The van der Waals surface area contributed by atoms with Gasteiger partial charge in [-0.3, -0.25) is 0 Å². The summed E-state index contributed by atoms with van der Waals surface area (Å²) >= 11 is 10.5. The van der Waals surface area contributed by atoms with Crippen LogP contribution in [0, 0.1) is 0 Å². The van der Waals surface area contributed by atoms with Gasteiger partial charge in [-0.15, -0.1) is 0 Å². The zero-order chi connectivity index (χ0) is 12.1. The van der Waals surface area contributed by atoms with Crippen molar-refractivity contribution in [3.8, 4) is 0 Å². The summed E-state index contributed by atoms with van der Waals surface area (Å²) in [7, 11) is 0. The third-order valence-electron chi connectivity index (χ3n) is 1.97. The zero-order valence-electron chi connectivity index (χ0n) is 9.19. The molecule has 16 heavy (non-hydrogen) atoms. The van der Waals surface area contributed by atoms with Crippen LogP contribution in [0.1, 0.15) is 13.8 Å². The van der Waals surface area contributed by atoms with Gasteiger partial charge in [-0.05, 0) is 57.8 Å². The fraction of sp³-hybridized carbons (Fsp3) is 0.455. The number of nitrogens with one attached hydrogen (secondary N) is 1. The van der Waals surface area contributed by atoms with E-state index >= 15 is 0 Å². The van der Waals surface area contributed by atoms with Gasteiger partial charge >= 0.3 is 0 Å². The van der Waals surface area contributed by atoms with Crippen LogP contribution in [0.4, 0.5) is 5.69 Å². The molecule has 1 aromatic carbocycles. The third kappa shape index (κ3) is 4.35. The maximum Gasteiger partial charge on any atom is 0.0664 e. The van der Waals surface area contributed by atoms with E-state index in [1.165, 1.54) is 0 Å². The Morgan fingerprint density at radius 3 is 2.31 bits per heavy atom. The molecule has 0 saturated carbocycles. The Morgan fingerprint density at radius 1 is 1.25 bits per heavy atom. The molecular formula is C11H14Br3NO. The highest BCUT2D eigenvalue weighted by molar-refractivity contribution is 9.11. The molecular weight excluding hydrogens is 402 g/mol. The molecule has 0 aromatic heterocycles. The van der Waals surface area contributed by atoms with Gasteiger partial charge in [0.2, 0.25) is 0 Å². The molecule has 1 N–H and O–H groups in total. The van der Waals surface area contributed by atoms with Crippen molar-refractivity contribution in [1.29, 1.82) is 0 Å². The smallest absolute Gasteiger partial charge is 0.0664 e. The summed E-state index contributed by atoms with van der Waals surface area (Å²) in [4.78, 5) is 0. The van der Waals surface area contributed by atoms with Crippen LogP contribution in [-0.2, 0) is 4.74 Å². The molecule has 0 aliphatic carbocycles. The maximum absolute atomic E-state index is 5.37. The van der Waals surface area contributed by atoms with E-state index in [0.29, 0.717) is 6.61 Å². The minimum Gasteiger partial charge on any atom is -0.380 e. The van der Waals surface area contributed by atoms with E-state index in [0.717, 1.165) is 25.7 Å². The summed E-state index contributed by atoms with van der Waals surface area (Å²) in [6, 6.07) is 4.30. The van der Waals surface area contributed by atoms with Gasteiger partial charge < -0.3 is 10.1 Å². The van der Waals surface area contributed by atoms with E-state index in [1.54, 1.807) is 0 Å². The number of ether oxygens (including phenoxy) is 1. The molecule has 0 amide bonds. The predicted molar refractivity (Wildman–Crippen MR) is 79.1 cm³/mol. The Hall–Kier alpha value is 0.420. The summed E-state index contributed by atoms with van der Waals surface area (Å²) in [5.41, 5.74) is 1.05. The Labute approximate surface area is 122 Å². The average Bonchev–Trinajstić information content (AvgIpc) is 2.20. The summed E-state index contributed by atoms with van der Waals surface area (Å²) in [5, 5.41) is 3.40. The second kappa shape index (κ2) is 6.99. The molecule has 0 aliphatic rings. The van der Waals surface area contributed by atoms with Gasteiger partial charge in [0, 0.05) is 26.1 Å². The Morgan fingerprint density at radius 2 is 1.81 bits per heavy atom. The monoisotopic (exact) mass is 413 g/mol. The van der Waals surface area contributed by atoms with Crippen LogP contribution in [-0.4, -0.2) is 19.3 Å². The van der Waals surface area contributed by atoms with Crippen molar-refractivity contribution in [3.63, 3.8) is 0 Å². The van der Waals surface area contributed by atoms with E-state index < -0.39 is 0 Å². The highest BCUT2D eigenvalue weighted by Gasteiger charge is 2.09. The first-order chi connectivity index (χ1) is 7.54. The molecule has 90 valence electrons. The molecule has 1 atom stereocenters. The first-order valence-corrected chi connectivity index (χ1v) is 7.41. The Bertz CT molecular complexity index is 334. The lowest BCUT2D eigenvalue weighted by molar-refractivity contribution is 0.141. The molecule has 2 nitrogen and oxygen atoms in total. The summed E-state index contributed by atoms with van der Waals surface area (Å²) < 4.78 is 8.46. The number of benzene rings is 1. The van der Waals surface area contributed by atoms with Crippen molar-refractivity contribution in [2.24, 2.45) is 0 Å². The van der Waals surface area contributed by atoms with Crippen molar-refractivity contribution in [2.75, 3.05) is 18.5 Å². The lowest BCUT2D eigenvalue weighted by Gasteiger charge is -2.17. The summed E-state index contributed by atoms with van der Waals surface area (Å²) in [5.74, 6) is 0. The Balaban J connectivity index is 2.73. The third-order valence-corrected chi connectivity index (χ3v) is 3.68. The van der Waals surface area contributed by atoms with Gasteiger partial charge in [-0.25, -0.2) is 0 Å². The summed E-state index contributed by atoms with van der Waals surface area (Å²) in [6.07, 6.45) is 0. The molecule has 0 spiro atoms.